The van der Waals surface area contributed by atoms with Gasteiger partial charge in [0.15, 0.2) is 5.75 Å². The second-order valence-corrected chi connectivity index (χ2v) is 4.98. The van der Waals surface area contributed by atoms with E-state index < -0.39 is 0 Å². The summed E-state index contributed by atoms with van der Waals surface area (Å²) in [6, 6.07) is 10.8. The van der Waals surface area contributed by atoms with Gasteiger partial charge < -0.3 is 15.0 Å². The SMILES string of the molecule is CC(C)NC(=O)c1cc(=O)c(OCc2ccccc2)c[nH]1. The number of H-pyrrole nitrogens is 1. The molecule has 5 nitrogen and oxygen atoms in total. The van der Waals surface area contributed by atoms with E-state index >= 15 is 0 Å². The van der Waals surface area contributed by atoms with Crippen LogP contribution in [0.5, 0.6) is 5.75 Å². The van der Waals surface area contributed by atoms with Gasteiger partial charge in [0, 0.05) is 18.3 Å². The number of hydrogen-bond acceptors (Lipinski definition) is 3. The summed E-state index contributed by atoms with van der Waals surface area (Å²) in [5, 5.41) is 2.71. The fraction of sp³-hybridized carbons (Fsp3) is 0.250. The summed E-state index contributed by atoms with van der Waals surface area (Å²) in [5.74, 6) is -0.114. The largest absolute Gasteiger partial charge is 0.483 e. The highest BCUT2D eigenvalue weighted by Crippen LogP contribution is 2.07. The van der Waals surface area contributed by atoms with Crippen LogP contribution in [0.4, 0.5) is 0 Å². The third-order valence-corrected chi connectivity index (χ3v) is 2.78. The second kappa shape index (κ2) is 6.74. The number of aromatic nitrogens is 1. The van der Waals surface area contributed by atoms with E-state index in [1.807, 2.05) is 44.2 Å². The lowest BCUT2D eigenvalue weighted by Gasteiger charge is -2.09. The first-order valence-electron chi connectivity index (χ1n) is 6.76. The van der Waals surface area contributed by atoms with Crippen molar-refractivity contribution in [1.29, 1.82) is 0 Å². The minimum atomic E-state index is -0.321. The molecule has 21 heavy (non-hydrogen) atoms. The van der Waals surface area contributed by atoms with Gasteiger partial charge in [0.25, 0.3) is 5.91 Å². The van der Waals surface area contributed by atoms with Crippen LogP contribution in [-0.4, -0.2) is 16.9 Å². The summed E-state index contributed by atoms with van der Waals surface area (Å²) in [6.45, 7) is 4.02. The van der Waals surface area contributed by atoms with Crippen molar-refractivity contribution in [3.8, 4) is 5.75 Å². The third-order valence-electron chi connectivity index (χ3n) is 2.78. The van der Waals surface area contributed by atoms with Crippen molar-refractivity contribution in [3.63, 3.8) is 0 Å². The number of pyridine rings is 1. The minimum Gasteiger partial charge on any atom is -0.483 e. The Kier molecular flexibility index (Phi) is 4.77. The Morgan fingerprint density at radius 3 is 2.62 bits per heavy atom. The lowest BCUT2D eigenvalue weighted by Crippen LogP contribution is -2.31. The molecule has 0 spiro atoms. The maximum atomic E-state index is 11.9. The molecule has 0 saturated heterocycles. The normalized spacial score (nSPS) is 10.4. The van der Waals surface area contributed by atoms with Gasteiger partial charge in [-0.05, 0) is 19.4 Å². The van der Waals surface area contributed by atoms with Gasteiger partial charge in [0.05, 0.1) is 0 Å². The Labute approximate surface area is 123 Å². The molecule has 1 aromatic heterocycles. The van der Waals surface area contributed by atoms with Crippen molar-refractivity contribution in [2.45, 2.75) is 26.5 Å². The molecule has 0 unspecified atom stereocenters. The first kappa shape index (κ1) is 14.8. The molecule has 0 fully saturated rings. The van der Waals surface area contributed by atoms with E-state index in [9.17, 15) is 9.59 Å². The van der Waals surface area contributed by atoms with Gasteiger partial charge in [-0.1, -0.05) is 30.3 Å². The second-order valence-electron chi connectivity index (χ2n) is 4.98. The van der Waals surface area contributed by atoms with Crippen LogP contribution in [0.1, 0.15) is 29.9 Å². The highest BCUT2D eigenvalue weighted by molar-refractivity contribution is 5.92. The minimum absolute atomic E-state index is 0.00927. The molecule has 1 aromatic carbocycles. The highest BCUT2D eigenvalue weighted by Gasteiger charge is 2.10. The Bertz CT molecular complexity index is 663. The molecule has 0 aliphatic heterocycles. The topological polar surface area (TPSA) is 71.2 Å². The number of carbonyl (C=O) groups excluding carboxylic acids is 1. The molecule has 110 valence electrons. The first-order chi connectivity index (χ1) is 10.1. The van der Waals surface area contributed by atoms with E-state index in [1.165, 1.54) is 12.3 Å². The Balaban J connectivity index is 2.06. The van der Waals surface area contributed by atoms with Gasteiger partial charge in [-0.25, -0.2) is 0 Å². The molecule has 0 saturated carbocycles. The molecule has 0 atom stereocenters. The average molecular weight is 286 g/mol. The van der Waals surface area contributed by atoms with Gasteiger partial charge in [-0.2, -0.15) is 0 Å². The van der Waals surface area contributed by atoms with Gasteiger partial charge in [0.1, 0.15) is 12.3 Å². The van der Waals surface area contributed by atoms with Crippen LogP contribution in [0.25, 0.3) is 0 Å². The van der Waals surface area contributed by atoms with E-state index in [2.05, 4.69) is 10.3 Å². The number of amides is 1. The number of nitrogens with one attached hydrogen (secondary N) is 2. The van der Waals surface area contributed by atoms with E-state index in [4.69, 9.17) is 4.74 Å². The molecule has 0 aliphatic carbocycles. The molecular formula is C16H18N2O3. The van der Waals surface area contributed by atoms with E-state index in [0.29, 0.717) is 6.61 Å². The van der Waals surface area contributed by atoms with Crippen LogP contribution in [0.15, 0.2) is 47.4 Å². The lowest BCUT2D eigenvalue weighted by atomic mass is 10.2. The molecule has 0 aliphatic rings. The fourth-order valence-electron chi connectivity index (χ4n) is 1.78. The average Bonchev–Trinajstić information content (AvgIpc) is 2.46. The summed E-state index contributed by atoms with van der Waals surface area (Å²) in [5.41, 5.74) is 0.873. The Hall–Kier alpha value is -2.56. The van der Waals surface area contributed by atoms with E-state index in [-0.39, 0.29) is 28.8 Å². The summed E-state index contributed by atoms with van der Waals surface area (Å²) >= 11 is 0. The Morgan fingerprint density at radius 1 is 1.29 bits per heavy atom. The molecule has 5 heteroatoms. The number of carbonyl (C=O) groups is 1. The summed E-state index contributed by atoms with van der Waals surface area (Å²) in [7, 11) is 0. The molecular weight excluding hydrogens is 268 g/mol. The predicted molar refractivity (Wildman–Crippen MR) is 80.4 cm³/mol. The lowest BCUT2D eigenvalue weighted by molar-refractivity contribution is 0.0938. The number of aromatic amines is 1. The number of benzene rings is 1. The molecule has 1 heterocycles. The van der Waals surface area contributed by atoms with Crippen molar-refractivity contribution < 1.29 is 9.53 Å². The van der Waals surface area contributed by atoms with Crippen molar-refractivity contribution in [2.24, 2.45) is 0 Å². The van der Waals surface area contributed by atoms with Crippen LogP contribution in [-0.2, 0) is 6.61 Å². The summed E-state index contributed by atoms with van der Waals surface area (Å²) < 4.78 is 5.46. The monoisotopic (exact) mass is 286 g/mol. The smallest absolute Gasteiger partial charge is 0.268 e. The summed E-state index contributed by atoms with van der Waals surface area (Å²) in [6.07, 6.45) is 1.42. The molecule has 0 bridgehead atoms. The van der Waals surface area contributed by atoms with Crippen LogP contribution in [0.2, 0.25) is 0 Å². The zero-order chi connectivity index (χ0) is 15.2. The van der Waals surface area contributed by atoms with E-state index in [0.717, 1.165) is 5.56 Å². The van der Waals surface area contributed by atoms with Crippen molar-refractivity contribution in [1.82, 2.24) is 10.3 Å². The van der Waals surface area contributed by atoms with Crippen LogP contribution in [0.3, 0.4) is 0 Å². The maximum Gasteiger partial charge on any atom is 0.268 e. The van der Waals surface area contributed by atoms with Crippen molar-refractivity contribution in [3.05, 3.63) is 64.1 Å². The number of hydrogen-bond donors (Lipinski definition) is 2. The zero-order valence-electron chi connectivity index (χ0n) is 12.1. The predicted octanol–water partition coefficient (Wildman–Crippen LogP) is 2.09. The van der Waals surface area contributed by atoms with E-state index in [1.54, 1.807) is 0 Å². The van der Waals surface area contributed by atoms with Crippen LogP contribution >= 0.6 is 0 Å². The maximum absolute atomic E-state index is 11.9. The molecule has 2 aromatic rings. The third kappa shape index (κ3) is 4.21. The van der Waals surface area contributed by atoms with Gasteiger partial charge in [0.2, 0.25) is 5.43 Å². The molecule has 2 rings (SSSR count). The van der Waals surface area contributed by atoms with Crippen molar-refractivity contribution in [2.75, 3.05) is 0 Å². The number of ether oxygens (including phenoxy) is 1. The van der Waals surface area contributed by atoms with Gasteiger partial charge in [-0.15, -0.1) is 0 Å². The van der Waals surface area contributed by atoms with Gasteiger partial charge in [-0.3, -0.25) is 9.59 Å². The fourth-order valence-corrected chi connectivity index (χ4v) is 1.78. The standard InChI is InChI=1S/C16H18N2O3/c1-11(2)18-16(20)13-8-14(19)15(9-17-13)21-10-12-6-4-3-5-7-12/h3-9,11H,10H2,1-2H3,(H,17,19)(H,18,20). The highest BCUT2D eigenvalue weighted by atomic mass is 16.5. The quantitative estimate of drug-likeness (QED) is 0.884. The molecule has 2 N–H and O–H groups in total. The van der Waals surface area contributed by atoms with Crippen molar-refractivity contribution >= 4 is 5.91 Å². The Morgan fingerprint density at radius 2 is 2.00 bits per heavy atom. The first-order valence-corrected chi connectivity index (χ1v) is 6.76. The molecule has 0 radical (unpaired) electrons. The summed E-state index contributed by atoms with van der Waals surface area (Å²) in [4.78, 5) is 26.5. The van der Waals surface area contributed by atoms with Crippen LogP contribution < -0.4 is 15.5 Å². The zero-order valence-corrected chi connectivity index (χ0v) is 12.1. The number of rotatable bonds is 5. The van der Waals surface area contributed by atoms with Crippen LogP contribution in [0, 0.1) is 0 Å². The van der Waals surface area contributed by atoms with Gasteiger partial charge >= 0.3 is 0 Å². The molecule has 1 amide bonds.